The van der Waals surface area contributed by atoms with Crippen molar-refractivity contribution in [3.63, 3.8) is 0 Å². The summed E-state index contributed by atoms with van der Waals surface area (Å²) in [6.07, 6.45) is -1.38. The van der Waals surface area contributed by atoms with Crippen molar-refractivity contribution in [1.29, 1.82) is 0 Å². The summed E-state index contributed by atoms with van der Waals surface area (Å²) in [5, 5.41) is 0. The van der Waals surface area contributed by atoms with Crippen molar-refractivity contribution in [3.8, 4) is 0 Å². The van der Waals surface area contributed by atoms with Gasteiger partial charge in [-0.2, -0.15) is 0 Å². The Balaban J connectivity index is 2.77. The minimum Gasteiger partial charge on any atom is -0.381 e. The molecule has 0 spiro atoms. The van der Waals surface area contributed by atoms with E-state index < -0.39 is 57.2 Å². The Kier molecular flexibility index (Phi) is 5.73. The fraction of sp³-hybridized carbons (Fsp3) is 0.417. The maximum atomic E-state index is 13.3. The molecule has 1 rings (SSSR count). The molecule has 1 atom stereocenters. The molecule has 0 aliphatic heterocycles. The van der Waals surface area contributed by atoms with E-state index in [9.17, 15) is 26.4 Å². The van der Waals surface area contributed by atoms with E-state index in [0.717, 1.165) is 0 Å². The average Bonchev–Trinajstić information content (AvgIpc) is 2.34. The average molecular weight is 325 g/mol. The van der Waals surface area contributed by atoms with E-state index in [1.54, 1.807) is 4.72 Å². The van der Waals surface area contributed by atoms with E-state index in [0.29, 0.717) is 12.1 Å². The normalized spacial score (nSPS) is 13.0. The summed E-state index contributed by atoms with van der Waals surface area (Å²) in [6.45, 7) is 1.48. The molecule has 0 fully saturated rings. The van der Waals surface area contributed by atoms with Crippen LogP contribution in [-0.4, -0.2) is 33.3 Å². The Morgan fingerprint density at radius 3 is 2.38 bits per heavy atom. The lowest BCUT2D eigenvalue weighted by Crippen LogP contribution is -2.37. The second kappa shape index (κ2) is 6.90. The summed E-state index contributed by atoms with van der Waals surface area (Å²) >= 11 is 0. The van der Waals surface area contributed by atoms with Crippen LogP contribution in [0.25, 0.3) is 0 Å². The van der Waals surface area contributed by atoms with Crippen LogP contribution in [0.2, 0.25) is 0 Å². The van der Waals surface area contributed by atoms with Crippen molar-refractivity contribution in [1.82, 2.24) is 4.72 Å². The maximum Gasteiger partial charge on any atom is 0.237 e. The van der Waals surface area contributed by atoms with Gasteiger partial charge in [0, 0.05) is 18.7 Å². The van der Waals surface area contributed by atoms with Gasteiger partial charge in [-0.1, -0.05) is 0 Å². The van der Waals surface area contributed by atoms with Gasteiger partial charge in [0.25, 0.3) is 0 Å². The molecule has 0 aliphatic carbocycles. The van der Waals surface area contributed by atoms with Gasteiger partial charge in [0.1, 0.15) is 5.82 Å². The highest BCUT2D eigenvalue weighted by molar-refractivity contribution is 7.90. The number of hydrogen-bond donors (Lipinski definition) is 1. The van der Waals surface area contributed by atoms with Crippen LogP contribution in [0.5, 0.6) is 0 Å². The second-order valence-corrected chi connectivity index (χ2v) is 6.15. The lowest BCUT2D eigenvalue weighted by Gasteiger charge is -2.11. The van der Waals surface area contributed by atoms with Crippen molar-refractivity contribution in [2.75, 3.05) is 12.9 Å². The molecule has 9 heteroatoms. The third kappa shape index (κ3) is 5.35. The van der Waals surface area contributed by atoms with Gasteiger partial charge in [-0.3, -0.25) is 9.52 Å². The quantitative estimate of drug-likeness (QED) is 0.796. The number of rotatable bonds is 6. The zero-order valence-corrected chi connectivity index (χ0v) is 12.1. The van der Waals surface area contributed by atoms with Crippen molar-refractivity contribution in [3.05, 3.63) is 35.1 Å². The molecule has 0 unspecified atom stereocenters. The molecule has 1 N–H and O–H groups in total. The Labute approximate surface area is 120 Å². The van der Waals surface area contributed by atoms with E-state index in [1.165, 1.54) is 14.0 Å². The number of carbonyl (C=O) groups is 1. The largest absolute Gasteiger partial charge is 0.381 e. The minimum atomic E-state index is -3.96. The summed E-state index contributed by atoms with van der Waals surface area (Å²) in [7, 11) is -2.65. The Morgan fingerprint density at radius 2 is 1.81 bits per heavy atom. The summed E-state index contributed by atoms with van der Waals surface area (Å²) in [4.78, 5) is 11.5. The summed E-state index contributed by atoms with van der Waals surface area (Å²) in [5.41, 5.74) is -0.443. The molecule has 0 heterocycles. The summed E-state index contributed by atoms with van der Waals surface area (Å²) in [6, 6.07) is 0.800. The molecule has 0 aromatic heterocycles. The Morgan fingerprint density at radius 1 is 1.24 bits per heavy atom. The zero-order chi connectivity index (χ0) is 16.2. The fourth-order valence-corrected chi connectivity index (χ4v) is 2.76. The van der Waals surface area contributed by atoms with Gasteiger partial charge < -0.3 is 4.74 Å². The van der Waals surface area contributed by atoms with Gasteiger partial charge in [0.2, 0.25) is 15.9 Å². The summed E-state index contributed by atoms with van der Waals surface area (Å²) in [5.74, 6) is -5.36. The van der Waals surface area contributed by atoms with Crippen molar-refractivity contribution in [2.45, 2.75) is 19.4 Å². The molecule has 118 valence electrons. The molecule has 0 bridgehead atoms. The Hall–Kier alpha value is -1.61. The molecule has 0 saturated heterocycles. The topological polar surface area (TPSA) is 72.5 Å². The molecule has 1 amide bonds. The van der Waals surface area contributed by atoms with Gasteiger partial charge in [-0.05, 0) is 13.0 Å². The SMILES string of the molecule is CO[C@@H](C)CS(=O)(=O)NC(=O)Cc1cc(F)c(F)cc1F. The van der Waals surface area contributed by atoms with Gasteiger partial charge in [-0.25, -0.2) is 21.6 Å². The third-order valence-corrected chi connectivity index (χ3v) is 4.01. The van der Waals surface area contributed by atoms with E-state index in [2.05, 4.69) is 0 Å². The van der Waals surface area contributed by atoms with Crippen LogP contribution in [0.4, 0.5) is 13.2 Å². The Bertz CT molecular complexity index is 634. The molecule has 1 aromatic carbocycles. The molecule has 0 aliphatic rings. The van der Waals surface area contributed by atoms with Crippen LogP contribution in [0.1, 0.15) is 12.5 Å². The van der Waals surface area contributed by atoms with Gasteiger partial charge in [0.05, 0.1) is 18.3 Å². The minimum absolute atomic E-state index is 0.291. The van der Waals surface area contributed by atoms with Crippen LogP contribution in [-0.2, 0) is 26.0 Å². The number of carbonyl (C=O) groups excluding carboxylic acids is 1. The molecule has 5 nitrogen and oxygen atoms in total. The monoisotopic (exact) mass is 325 g/mol. The highest BCUT2D eigenvalue weighted by Gasteiger charge is 2.20. The first-order valence-electron chi connectivity index (χ1n) is 5.84. The van der Waals surface area contributed by atoms with Crippen LogP contribution in [0, 0.1) is 17.5 Å². The first kappa shape index (κ1) is 17.4. The summed E-state index contributed by atoms with van der Waals surface area (Å²) < 4.78 is 68.6. The number of amides is 1. The van der Waals surface area contributed by atoms with Crippen LogP contribution >= 0.6 is 0 Å². The van der Waals surface area contributed by atoms with Crippen LogP contribution in [0.3, 0.4) is 0 Å². The van der Waals surface area contributed by atoms with Gasteiger partial charge in [0.15, 0.2) is 11.6 Å². The molecule has 0 saturated carbocycles. The van der Waals surface area contributed by atoms with E-state index >= 15 is 0 Å². The number of benzene rings is 1. The molecule has 21 heavy (non-hydrogen) atoms. The molecule has 0 radical (unpaired) electrons. The fourth-order valence-electron chi connectivity index (χ4n) is 1.50. The smallest absolute Gasteiger partial charge is 0.237 e. The van der Waals surface area contributed by atoms with E-state index in [-0.39, 0.29) is 0 Å². The lowest BCUT2D eigenvalue weighted by atomic mass is 10.1. The van der Waals surface area contributed by atoms with Crippen molar-refractivity contribution in [2.24, 2.45) is 0 Å². The lowest BCUT2D eigenvalue weighted by molar-refractivity contribution is -0.118. The van der Waals surface area contributed by atoms with E-state index in [1.807, 2.05) is 0 Å². The van der Waals surface area contributed by atoms with Crippen molar-refractivity contribution < 1.29 is 31.1 Å². The number of methoxy groups -OCH3 is 1. The highest BCUT2D eigenvalue weighted by atomic mass is 32.2. The van der Waals surface area contributed by atoms with E-state index in [4.69, 9.17) is 4.74 Å². The van der Waals surface area contributed by atoms with Crippen molar-refractivity contribution >= 4 is 15.9 Å². The molecular weight excluding hydrogens is 311 g/mol. The van der Waals surface area contributed by atoms with Crippen LogP contribution < -0.4 is 4.72 Å². The predicted octanol–water partition coefficient (Wildman–Crippen LogP) is 1.13. The van der Waals surface area contributed by atoms with Gasteiger partial charge in [-0.15, -0.1) is 0 Å². The zero-order valence-electron chi connectivity index (χ0n) is 11.3. The second-order valence-electron chi connectivity index (χ2n) is 4.39. The van der Waals surface area contributed by atoms with Gasteiger partial charge >= 0.3 is 0 Å². The number of nitrogens with one attached hydrogen (secondary N) is 1. The number of ether oxygens (including phenoxy) is 1. The maximum absolute atomic E-state index is 13.3. The standard InChI is InChI=1S/C12H14F3NO4S/c1-7(20-2)6-21(18,19)16-12(17)4-8-3-10(14)11(15)5-9(8)13/h3,5,7H,4,6H2,1-2H3,(H,16,17)/t7-/m0/s1. The van der Waals surface area contributed by atoms with Crippen LogP contribution in [0.15, 0.2) is 12.1 Å². The first-order chi connectivity index (χ1) is 9.64. The highest BCUT2D eigenvalue weighted by Crippen LogP contribution is 2.14. The number of sulfonamides is 1. The number of hydrogen-bond acceptors (Lipinski definition) is 4. The predicted molar refractivity (Wildman–Crippen MR) is 68.4 cm³/mol. The molecule has 1 aromatic rings. The third-order valence-electron chi connectivity index (χ3n) is 2.57. The molecular formula is C12H14F3NO4S. The number of halogens is 3. The first-order valence-corrected chi connectivity index (χ1v) is 7.49.